The van der Waals surface area contributed by atoms with Crippen LogP contribution >= 0.6 is 0 Å². The molecule has 3 aromatic rings. The highest BCUT2D eigenvalue weighted by atomic mass is 16.2. The first-order valence-corrected chi connectivity index (χ1v) is 8.97. The van der Waals surface area contributed by atoms with Crippen LogP contribution in [0.1, 0.15) is 12.8 Å². The zero-order valence-corrected chi connectivity index (χ0v) is 15.1. The minimum atomic E-state index is -0.0614. The lowest BCUT2D eigenvalue weighted by molar-refractivity contribution is -0.122. The molecule has 8 nitrogen and oxygen atoms in total. The van der Waals surface area contributed by atoms with Crippen molar-refractivity contribution in [3.05, 3.63) is 55.4 Å². The lowest BCUT2D eigenvalue weighted by atomic mass is 9.96. The smallest absolute Gasteiger partial charge is 0.231 e. The second-order valence-corrected chi connectivity index (χ2v) is 6.59. The van der Waals surface area contributed by atoms with Gasteiger partial charge in [0.2, 0.25) is 5.91 Å². The topological polar surface area (TPSA) is 80.0 Å². The van der Waals surface area contributed by atoms with Crippen LogP contribution in [0.15, 0.2) is 55.4 Å². The summed E-state index contributed by atoms with van der Waals surface area (Å²) in [4.78, 5) is 29.5. The summed E-state index contributed by atoms with van der Waals surface area (Å²) in [6, 6.07) is 11.6. The average Bonchev–Trinajstić information content (AvgIpc) is 3.28. The van der Waals surface area contributed by atoms with Gasteiger partial charge in [-0.15, -0.1) is 0 Å². The summed E-state index contributed by atoms with van der Waals surface area (Å²) in [7, 11) is 1.84. The zero-order chi connectivity index (χ0) is 18.6. The Bertz CT molecular complexity index is 897. The molecule has 1 unspecified atom stereocenters. The molecule has 1 aliphatic heterocycles. The van der Waals surface area contributed by atoms with Crippen molar-refractivity contribution in [1.29, 1.82) is 0 Å². The predicted molar refractivity (Wildman–Crippen MR) is 102 cm³/mol. The van der Waals surface area contributed by atoms with Crippen molar-refractivity contribution in [3.8, 4) is 5.82 Å². The van der Waals surface area contributed by atoms with Crippen molar-refractivity contribution in [2.24, 2.45) is 5.92 Å². The zero-order valence-electron chi connectivity index (χ0n) is 15.1. The molecule has 2 aromatic heterocycles. The van der Waals surface area contributed by atoms with Crippen LogP contribution in [0.5, 0.6) is 0 Å². The van der Waals surface area contributed by atoms with Crippen LogP contribution < -0.4 is 9.80 Å². The number of aromatic nitrogens is 5. The van der Waals surface area contributed by atoms with E-state index in [1.807, 2.05) is 43.4 Å². The highest BCUT2D eigenvalue weighted by Gasteiger charge is 2.29. The van der Waals surface area contributed by atoms with Gasteiger partial charge >= 0.3 is 0 Å². The Morgan fingerprint density at radius 1 is 1.15 bits per heavy atom. The third-order valence-corrected chi connectivity index (χ3v) is 4.86. The largest absolute Gasteiger partial charge is 0.356 e. The standard InChI is InChI=1S/C19H21N7O/c1-24(16-7-3-2-4-8-16)19(27)15-6-5-9-25(11-15)17-10-18(22-13-21-17)26-14-20-12-23-26/h2-4,7-8,10,12-15H,5-6,9,11H2,1H3. The Morgan fingerprint density at radius 2 is 1.96 bits per heavy atom. The molecule has 1 amide bonds. The highest BCUT2D eigenvalue weighted by molar-refractivity contribution is 5.95. The van der Waals surface area contributed by atoms with E-state index in [0.717, 1.165) is 30.9 Å². The van der Waals surface area contributed by atoms with Gasteiger partial charge in [0, 0.05) is 31.9 Å². The first-order chi connectivity index (χ1) is 13.2. The fourth-order valence-corrected chi connectivity index (χ4v) is 3.40. The third-order valence-electron chi connectivity index (χ3n) is 4.86. The van der Waals surface area contributed by atoms with Crippen LogP contribution in [0.4, 0.5) is 11.5 Å². The van der Waals surface area contributed by atoms with Crippen LogP contribution in [0.2, 0.25) is 0 Å². The molecule has 27 heavy (non-hydrogen) atoms. The molecule has 0 aliphatic carbocycles. The summed E-state index contributed by atoms with van der Waals surface area (Å²) in [5.41, 5.74) is 0.912. The van der Waals surface area contributed by atoms with Crippen LogP contribution in [0.3, 0.4) is 0 Å². The van der Waals surface area contributed by atoms with Crippen molar-refractivity contribution in [2.45, 2.75) is 12.8 Å². The molecule has 0 saturated carbocycles. The lowest BCUT2D eigenvalue weighted by Crippen LogP contribution is -2.44. The number of carbonyl (C=O) groups is 1. The Balaban J connectivity index is 1.50. The van der Waals surface area contributed by atoms with Gasteiger partial charge in [-0.2, -0.15) is 5.10 Å². The number of piperidine rings is 1. The first-order valence-electron chi connectivity index (χ1n) is 8.97. The van der Waals surface area contributed by atoms with Crippen LogP contribution in [-0.4, -0.2) is 50.8 Å². The summed E-state index contributed by atoms with van der Waals surface area (Å²) < 4.78 is 1.60. The monoisotopic (exact) mass is 363 g/mol. The van der Waals surface area contributed by atoms with Gasteiger partial charge in [-0.3, -0.25) is 4.79 Å². The predicted octanol–water partition coefficient (Wildman–Crippen LogP) is 1.94. The van der Waals surface area contributed by atoms with Crippen molar-refractivity contribution < 1.29 is 4.79 Å². The van der Waals surface area contributed by atoms with Gasteiger partial charge in [-0.1, -0.05) is 18.2 Å². The fourth-order valence-electron chi connectivity index (χ4n) is 3.40. The molecule has 0 radical (unpaired) electrons. The summed E-state index contributed by atoms with van der Waals surface area (Å²) in [6.45, 7) is 1.51. The summed E-state index contributed by atoms with van der Waals surface area (Å²) in [6.07, 6.45) is 6.42. The SMILES string of the molecule is CN(C(=O)C1CCCN(c2cc(-n3cncn3)ncn2)C1)c1ccccc1. The molecule has 0 bridgehead atoms. The van der Waals surface area contributed by atoms with E-state index in [4.69, 9.17) is 0 Å². The number of anilines is 2. The van der Waals surface area contributed by atoms with Gasteiger partial charge in [-0.25, -0.2) is 19.6 Å². The normalized spacial score (nSPS) is 16.9. The Labute approximate surface area is 157 Å². The first kappa shape index (κ1) is 17.1. The second kappa shape index (κ2) is 7.53. The number of para-hydroxylation sites is 1. The van der Waals surface area contributed by atoms with E-state index in [1.165, 1.54) is 12.7 Å². The number of amides is 1. The molecule has 1 fully saturated rings. The van der Waals surface area contributed by atoms with E-state index >= 15 is 0 Å². The van der Waals surface area contributed by atoms with E-state index in [9.17, 15) is 4.79 Å². The maximum absolute atomic E-state index is 13.0. The minimum Gasteiger partial charge on any atom is -0.356 e. The Kier molecular flexibility index (Phi) is 4.78. The van der Waals surface area contributed by atoms with Crippen molar-refractivity contribution in [1.82, 2.24) is 24.7 Å². The number of benzene rings is 1. The number of nitrogens with zero attached hydrogens (tertiary/aromatic N) is 7. The molecule has 0 spiro atoms. The maximum Gasteiger partial charge on any atom is 0.231 e. The van der Waals surface area contributed by atoms with Gasteiger partial charge in [0.25, 0.3) is 0 Å². The quantitative estimate of drug-likeness (QED) is 0.705. The molecular weight excluding hydrogens is 342 g/mol. The molecular formula is C19H21N7O. The molecule has 0 N–H and O–H groups in total. The molecule has 1 aromatic carbocycles. The van der Waals surface area contributed by atoms with Crippen molar-refractivity contribution in [2.75, 3.05) is 29.9 Å². The summed E-state index contributed by atoms with van der Waals surface area (Å²) in [5, 5.41) is 4.11. The van der Waals surface area contributed by atoms with Gasteiger partial charge in [0.05, 0.1) is 5.92 Å². The fraction of sp³-hybridized carbons (Fsp3) is 0.316. The molecule has 138 valence electrons. The molecule has 1 atom stereocenters. The minimum absolute atomic E-state index is 0.0614. The van der Waals surface area contributed by atoms with Gasteiger partial charge in [-0.05, 0) is 25.0 Å². The van der Waals surface area contributed by atoms with Gasteiger partial charge < -0.3 is 9.80 Å². The number of hydrogen-bond acceptors (Lipinski definition) is 6. The Hall–Kier alpha value is -3.29. The lowest BCUT2D eigenvalue weighted by Gasteiger charge is -2.34. The van der Waals surface area contributed by atoms with Gasteiger partial charge in [0.15, 0.2) is 5.82 Å². The third kappa shape index (κ3) is 3.64. The maximum atomic E-state index is 13.0. The molecule has 8 heteroatoms. The van der Waals surface area contributed by atoms with Crippen molar-refractivity contribution >= 4 is 17.4 Å². The van der Waals surface area contributed by atoms with E-state index in [-0.39, 0.29) is 11.8 Å². The van der Waals surface area contributed by atoms with E-state index in [1.54, 1.807) is 15.9 Å². The van der Waals surface area contributed by atoms with Crippen LogP contribution in [0, 0.1) is 5.92 Å². The van der Waals surface area contributed by atoms with E-state index < -0.39 is 0 Å². The van der Waals surface area contributed by atoms with E-state index in [2.05, 4.69) is 25.0 Å². The summed E-state index contributed by atoms with van der Waals surface area (Å²) in [5.74, 6) is 1.54. The Morgan fingerprint density at radius 3 is 2.74 bits per heavy atom. The molecule has 4 rings (SSSR count). The molecule has 3 heterocycles. The number of carbonyl (C=O) groups excluding carboxylic acids is 1. The molecule has 1 saturated heterocycles. The highest BCUT2D eigenvalue weighted by Crippen LogP contribution is 2.25. The van der Waals surface area contributed by atoms with Crippen LogP contribution in [-0.2, 0) is 4.79 Å². The number of hydrogen-bond donors (Lipinski definition) is 0. The van der Waals surface area contributed by atoms with E-state index in [0.29, 0.717) is 12.4 Å². The second-order valence-electron chi connectivity index (χ2n) is 6.59. The van der Waals surface area contributed by atoms with Crippen molar-refractivity contribution in [3.63, 3.8) is 0 Å². The van der Waals surface area contributed by atoms with Crippen LogP contribution in [0.25, 0.3) is 5.82 Å². The van der Waals surface area contributed by atoms with Gasteiger partial charge in [0.1, 0.15) is 24.8 Å². The molecule has 1 aliphatic rings. The summed E-state index contributed by atoms with van der Waals surface area (Å²) >= 11 is 0. The average molecular weight is 363 g/mol. The number of rotatable bonds is 4.